The van der Waals surface area contributed by atoms with Crippen LogP contribution in [-0.4, -0.2) is 41.8 Å². The van der Waals surface area contributed by atoms with E-state index in [4.69, 9.17) is 5.11 Å². The molecule has 0 aromatic heterocycles. The van der Waals surface area contributed by atoms with Crippen molar-refractivity contribution in [3.05, 3.63) is 0 Å². The van der Waals surface area contributed by atoms with Crippen LogP contribution in [0.25, 0.3) is 0 Å². The number of nitrogens with zero attached hydrogens (tertiary/aromatic N) is 1. The zero-order valence-electron chi connectivity index (χ0n) is 8.21. The van der Waals surface area contributed by atoms with Gasteiger partial charge in [-0.15, -0.1) is 0 Å². The highest BCUT2D eigenvalue weighted by Crippen LogP contribution is 2.37. The third-order valence-corrected chi connectivity index (χ3v) is 3.53. The first-order chi connectivity index (χ1) is 6.68. The number of likely N-dealkylation sites (tertiary alicyclic amines) is 1. The van der Waals surface area contributed by atoms with Gasteiger partial charge in [0.05, 0.1) is 5.41 Å². The molecule has 0 radical (unpaired) electrons. The van der Waals surface area contributed by atoms with Crippen molar-refractivity contribution in [2.75, 3.05) is 19.8 Å². The summed E-state index contributed by atoms with van der Waals surface area (Å²) in [6.07, 6.45) is 3.40. The number of aliphatic carboxylic acids is 1. The lowest BCUT2D eigenvalue weighted by Crippen LogP contribution is -2.46. The van der Waals surface area contributed by atoms with Gasteiger partial charge in [0.1, 0.15) is 6.67 Å². The van der Waals surface area contributed by atoms with E-state index in [1.54, 1.807) is 0 Å². The topological polar surface area (TPSA) is 40.5 Å². The van der Waals surface area contributed by atoms with Crippen molar-refractivity contribution in [2.45, 2.75) is 31.7 Å². The predicted octanol–water partition coefficient (Wildman–Crippen LogP) is 1.29. The maximum Gasteiger partial charge on any atom is 0.312 e. The molecule has 1 N–H and O–H groups in total. The van der Waals surface area contributed by atoms with Gasteiger partial charge in [0, 0.05) is 6.04 Å². The van der Waals surface area contributed by atoms with Gasteiger partial charge in [0.2, 0.25) is 0 Å². The molecule has 1 saturated carbocycles. The third-order valence-electron chi connectivity index (χ3n) is 3.53. The van der Waals surface area contributed by atoms with Crippen molar-refractivity contribution in [3.8, 4) is 0 Å². The second-order valence-electron chi connectivity index (χ2n) is 4.49. The molecule has 0 bridgehead atoms. The Morgan fingerprint density at radius 2 is 2.00 bits per heavy atom. The molecule has 0 aromatic rings. The van der Waals surface area contributed by atoms with Crippen LogP contribution < -0.4 is 0 Å². The summed E-state index contributed by atoms with van der Waals surface area (Å²) in [6, 6.07) is 0.668. The van der Waals surface area contributed by atoms with E-state index < -0.39 is 18.1 Å². The van der Waals surface area contributed by atoms with Gasteiger partial charge < -0.3 is 10.0 Å². The summed E-state index contributed by atoms with van der Waals surface area (Å²) in [4.78, 5) is 13.2. The van der Waals surface area contributed by atoms with Gasteiger partial charge in [-0.3, -0.25) is 4.79 Å². The number of halogens is 1. The molecule has 1 saturated heterocycles. The van der Waals surface area contributed by atoms with E-state index in [0.29, 0.717) is 18.9 Å². The van der Waals surface area contributed by atoms with E-state index in [2.05, 4.69) is 4.90 Å². The minimum atomic E-state index is -1.08. The molecule has 14 heavy (non-hydrogen) atoms. The van der Waals surface area contributed by atoms with Crippen molar-refractivity contribution >= 4 is 5.97 Å². The van der Waals surface area contributed by atoms with Crippen molar-refractivity contribution in [3.63, 3.8) is 0 Å². The van der Waals surface area contributed by atoms with Gasteiger partial charge in [0.25, 0.3) is 0 Å². The third kappa shape index (κ3) is 1.63. The molecule has 0 aromatic carbocycles. The Morgan fingerprint density at radius 3 is 2.36 bits per heavy atom. The van der Waals surface area contributed by atoms with Crippen LogP contribution in [0.4, 0.5) is 4.39 Å². The standard InChI is InChI=1S/C10H16FNO2/c11-7-10(9(13)14)3-5-12(6-4-10)8-1-2-8/h8H,1-7H2,(H,13,14). The molecule has 80 valence electrons. The molecule has 0 spiro atoms. The van der Waals surface area contributed by atoms with Gasteiger partial charge in [-0.2, -0.15) is 0 Å². The van der Waals surface area contributed by atoms with Crippen molar-refractivity contribution in [1.29, 1.82) is 0 Å². The molecule has 1 aliphatic carbocycles. The molecule has 3 nitrogen and oxygen atoms in total. The number of hydrogen-bond donors (Lipinski definition) is 1. The average Bonchev–Trinajstić information content (AvgIpc) is 3.01. The maximum absolute atomic E-state index is 12.7. The summed E-state index contributed by atoms with van der Waals surface area (Å²) in [5.74, 6) is -0.963. The van der Waals surface area contributed by atoms with E-state index in [9.17, 15) is 9.18 Å². The van der Waals surface area contributed by atoms with Crippen LogP contribution in [0.3, 0.4) is 0 Å². The largest absolute Gasteiger partial charge is 0.481 e. The van der Waals surface area contributed by atoms with E-state index in [1.165, 1.54) is 12.8 Å². The Kier molecular flexibility index (Phi) is 2.47. The average molecular weight is 201 g/mol. The van der Waals surface area contributed by atoms with Crippen molar-refractivity contribution in [1.82, 2.24) is 4.90 Å². The lowest BCUT2D eigenvalue weighted by molar-refractivity contribution is -0.153. The molecule has 1 aliphatic heterocycles. The molecule has 0 atom stereocenters. The monoisotopic (exact) mass is 201 g/mol. The van der Waals surface area contributed by atoms with Crippen LogP contribution in [0.5, 0.6) is 0 Å². The van der Waals surface area contributed by atoms with E-state index in [-0.39, 0.29) is 0 Å². The highest BCUT2D eigenvalue weighted by molar-refractivity contribution is 5.75. The number of alkyl halides is 1. The van der Waals surface area contributed by atoms with Crippen LogP contribution in [0.15, 0.2) is 0 Å². The first-order valence-corrected chi connectivity index (χ1v) is 5.21. The van der Waals surface area contributed by atoms with Crippen LogP contribution in [-0.2, 0) is 4.79 Å². The first kappa shape index (κ1) is 9.90. The van der Waals surface area contributed by atoms with E-state index in [1.807, 2.05) is 0 Å². The van der Waals surface area contributed by atoms with Crippen molar-refractivity contribution < 1.29 is 14.3 Å². The highest BCUT2D eigenvalue weighted by atomic mass is 19.1. The molecule has 1 heterocycles. The maximum atomic E-state index is 12.7. The fourth-order valence-electron chi connectivity index (χ4n) is 2.16. The number of carboxylic acids is 1. The summed E-state index contributed by atoms with van der Waals surface area (Å²) < 4.78 is 12.7. The number of carboxylic acid groups (broad SMARTS) is 1. The smallest absolute Gasteiger partial charge is 0.312 e. The summed E-state index contributed by atoms with van der Waals surface area (Å²) in [5.41, 5.74) is -1.08. The normalized spacial score (nSPS) is 27.5. The van der Waals surface area contributed by atoms with Crippen LogP contribution in [0, 0.1) is 5.41 Å². The Hall–Kier alpha value is -0.640. The van der Waals surface area contributed by atoms with E-state index in [0.717, 1.165) is 13.1 Å². The molecule has 2 fully saturated rings. The highest BCUT2D eigenvalue weighted by Gasteiger charge is 2.44. The molecular formula is C10H16FNO2. The zero-order valence-corrected chi connectivity index (χ0v) is 8.21. The Bertz CT molecular complexity index is 232. The summed E-state index contributed by atoms with van der Waals surface area (Å²) >= 11 is 0. The number of hydrogen-bond acceptors (Lipinski definition) is 2. The zero-order chi connectivity index (χ0) is 10.2. The van der Waals surface area contributed by atoms with Gasteiger partial charge >= 0.3 is 5.97 Å². The molecule has 4 heteroatoms. The quantitative estimate of drug-likeness (QED) is 0.748. The van der Waals surface area contributed by atoms with Gasteiger partial charge in [-0.25, -0.2) is 4.39 Å². The van der Waals surface area contributed by atoms with Crippen molar-refractivity contribution in [2.24, 2.45) is 5.41 Å². The Morgan fingerprint density at radius 1 is 1.43 bits per heavy atom. The molecule has 0 amide bonds. The second-order valence-corrected chi connectivity index (χ2v) is 4.49. The SMILES string of the molecule is O=C(O)C1(CF)CCN(C2CC2)CC1. The van der Waals surface area contributed by atoms with Crippen LogP contribution in [0.2, 0.25) is 0 Å². The summed E-state index contributed by atoms with van der Waals surface area (Å²) in [5, 5.41) is 8.97. The summed E-state index contributed by atoms with van der Waals surface area (Å²) in [6.45, 7) is 0.780. The van der Waals surface area contributed by atoms with E-state index >= 15 is 0 Å². The Labute approximate surface area is 82.9 Å². The molecular weight excluding hydrogens is 185 g/mol. The molecule has 2 rings (SSSR count). The second kappa shape index (κ2) is 3.50. The molecule has 0 unspecified atom stereocenters. The lowest BCUT2D eigenvalue weighted by Gasteiger charge is -2.37. The number of carbonyl (C=O) groups is 1. The fourth-order valence-corrected chi connectivity index (χ4v) is 2.16. The molecule has 2 aliphatic rings. The minimum Gasteiger partial charge on any atom is -0.481 e. The summed E-state index contributed by atoms with van der Waals surface area (Å²) in [7, 11) is 0. The first-order valence-electron chi connectivity index (χ1n) is 5.21. The van der Waals surface area contributed by atoms with Crippen LogP contribution in [0.1, 0.15) is 25.7 Å². The number of piperidine rings is 1. The predicted molar refractivity (Wildman–Crippen MR) is 49.9 cm³/mol. The lowest BCUT2D eigenvalue weighted by atomic mass is 9.79. The van der Waals surface area contributed by atoms with Gasteiger partial charge in [0.15, 0.2) is 0 Å². The Balaban J connectivity index is 1.94. The van der Waals surface area contributed by atoms with Crippen LogP contribution >= 0.6 is 0 Å². The number of rotatable bonds is 3. The van der Waals surface area contributed by atoms with Gasteiger partial charge in [-0.1, -0.05) is 0 Å². The van der Waals surface area contributed by atoms with Gasteiger partial charge in [-0.05, 0) is 38.8 Å². The fraction of sp³-hybridized carbons (Fsp3) is 0.900. The minimum absolute atomic E-state index is 0.468.